The SMILES string of the molecule is C[C@H](CCC#N)C[C@@H](C)CC(=O)O. The van der Waals surface area contributed by atoms with Gasteiger partial charge in [-0.3, -0.25) is 4.79 Å². The Morgan fingerprint density at radius 1 is 1.46 bits per heavy atom. The molecule has 74 valence electrons. The molecule has 13 heavy (non-hydrogen) atoms. The zero-order valence-electron chi connectivity index (χ0n) is 8.29. The second-order valence-electron chi connectivity index (χ2n) is 3.74. The summed E-state index contributed by atoms with van der Waals surface area (Å²) in [4.78, 5) is 10.4. The maximum Gasteiger partial charge on any atom is 0.303 e. The number of aliphatic carboxylic acids is 1. The van der Waals surface area contributed by atoms with Crippen LogP contribution in [0, 0.1) is 23.2 Å². The second kappa shape index (κ2) is 6.47. The van der Waals surface area contributed by atoms with E-state index in [9.17, 15) is 4.79 Å². The Balaban J connectivity index is 3.59. The van der Waals surface area contributed by atoms with Gasteiger partial charge in [-0.2, -0.15) is 5.26 Å². The van der Waals surface area contributed by atoms with E-state index in [2.05, 4.69) is 13.0 Å². The van der Waals surface area contributed by atoms with Crippen molar-refractivity contribution in [1.82, 2.24) is 0 Å². The maximum atomic E-state index is 10.4. The molecule has 0 aromatic carbocycles. The fourth-order valence-corrected chi connectivity index (χ4v) is 1.50. The molecule has 0 bridgehead atoms. The van der Waals surface area contributed by atoms with E-state index in [1.807, 2.05) is 6.92 Å². The first-order valence-corrected chi connectivity index (χ1v) is 4.65. The summed E-state index contributed by atoms with van der Waals surface area (Å²) in [7, 11) is 0. The molecule has 0 amide bonds. The summed E-state index contributed by atoms with van der Waals surface area (Å²) in [5.74, 6) is -0.0693. The van der Waals surface area contributed by atoms with Gasteiger partial charge in [0.2, 0.25) is 0 Å². The van der Waals surface area contributed by atoms with E-state index in [0.717, 1.165) is 12.8 Å². The van der Waals surface area contributed by atoms with Crippen LogP contribution in [0.1, 0.15) is 39.5 Å². The van der Waals surface area contributed by atoms with Crippen LogP contribution in [-0.2, 0) is 4.79 Å². The quantitative estimate of drug-likeness (QED) is 0.687. The van der Waals surface area contributed by atoms with Gasteiger partial charge in [0.15, 0.2) is 0 Å². The van der Waals surface area contributed by atoms with Gasteiger partial charge in [-0.05, 0) is 24.7 Å². The normalized spacial score (nSPS) is 14.5. The number of carbonyl (C=O) groups is 1. The minimum atomic E-state index is -0.736. The highest BCUT2D eigenvalue weighted by atomic mass is 16.4. The molecule has 0 radical (unpaired) electrons. The monoisotopic (exact) mass is 183 g/mol. The van der Waals surface area contributed by atoms with E-state index in [1.54, 1.807) is 0 Å². The van der Waals surface area contributed by atoms with Crippen LogP contribution >= 0.6 is 0 Å². The fourth-order valence-electron chi connectivity index (χ4n) is 1.50. The van der Waals surface area contributed by atoms with Crippen LogP contribution in [0.15, 0.2) is 0 Å². The maximum absolute atomic E-state index is 10.4. The van der Waals surface area contributed by atoms with Gasteiger partial charge in [0, 0.05) is 12.8 Å². The Labute approximate surface area is 79.4 Å². The fraction of sp³-hybridized carbons (Fsp3) is 0.800. The largest absolute Gasteiger partial charge is 0.481 e. The Bertz CT molecular complexity index is 196. The molecule has 0 aromatic heterocycles. The molecule has 0 spiro atoms. The van der Waals surface area contributed by atoms with E-state index in [4.69, 9.17) is 10.4 Å². The zero-order chi connectivity index (χ0) is 10.3. The van der Waals surface area contributed by atoms with Crippen molar-refractivity contribution >= 4 is 5.97 Å². The number of rotatable bonds is 6. The first-order valence-electron chi connectivity index (χ1n) is 4.65. The molecule has 0 unspecified atom stereocenters. The Morgan fingerprint density at radius 3 is 2.54 bits per heavy atom. The topological polar surface area (TPSA) is 61.1 Å². The Morgan fingerprint density at radius 2 is 2.08 bits per heavy atom. The van der Waals surface area contributed by atoms with Crippen LogP contribution in [0.4, 0.5) is 0 Å². The van der Waals surface area contributed by atoms with Crippen molar-refractivity contribution in [2.24, 2.45) is 11.8 Å². The first-order chi connectivity index (χ1) is 6.06. The number of nitrogens with zero attached hydrogens (tertiary/aromatic N) is 1. The van der Waals surface area contributed by atoms with E-state index in [0.29, 0.717) is 12.3 Å². The van der Waals surface area contributed by atoms with Crippen molar-refractivity contribution in [2.45, 2.75) is 39.5 Å². The van der Waals surface area contributed by atoms with Crippen LogP contribution in [0.3, 0.4) is 0 Å². The lowest BCUT2D eigenvalue weighted by Crippen LogP contribution is -2.08. The molecule has 0 saturated carbocycles. The molecule has 0 heterocycles. The second-order valence-corrected chi connectivity index (χ2v) is 3.74. The number of hydrogen-bond donors (Lipinski definition) is 1. The Hall–Kier alpha value is -1.04. The minimum Gasteiger partial charge on any atom is -0.481 e. The standard InChI is InChI=1S/C10H17NO2/c1-8(4-3-5-11)6-9(2)7-10(12)13/h8-9H,3-4,6-7H2,1-2H3,(H,12,13)/t8-,9-/m1/s1. The molecule has 0 saturated heterocycles. The molecule has 2 atom stereocenters. The third-order valence-corrected chi connectivity index (χ3v) is 2.08. The lowest BCUT2D eigenvalue weighted by molar-refractivity contribution is -0.138. The predicted molar refractivity (Wildman–Crippen MR) is 50.0 cm³/mol. The van der Waals surface area contributed by atoms with Crippen molar-refractivity contribution < 1.29 is 9.90 Å². The minimum absolute atomic E-state index is 0.214. The number of carboxylic acids is 1. The molecule has 0 aliphatic rings. The van der Waals surface area contributed by atoms with Crippen molar-refractivity contribution in [2.75, 3.05) is 0 Å². The zero-order valence-corrected chi connectivity index (χ0v) is 8.29. The van der Waals surface area contributed by atoms with Gasteiger partial charge < -0.3 is 5.11 Å². The summed E-state index contributed by atoms with van der Waals surface area (Å²) < 4.78 is 0. The van der Waals surface area contributed by atoms with Gasteiger partial charge in [0.05, 0.1) is 6.07 Å². The summed E-state index contributed by atoms with van der Waals surface area (Å²) in [6.45, 7) is 4.01. The van der Waals surface area contributed by atoms with Gasteiger partial charge in [0.1, 0.15) is 0 Å². The molecule has 0 rings (SSSR count). The molecule has 3 heteroatoms. The van der Waals surface area contributed by atoms with Gasteiger partial charge in [-0.1, -0.05) is 13.8 Å². The van der Waals surface area contributed by atoms with E-state index in [-0.39, 0.29) is 12.3 Å². The highest BCUT2D eigenvalue weighted by Crippen LogP contribution is 2.18. The smallest absolute Gasteiger partial charge is 0.303 e. The molecule has 0 aromatic rings. The predicted octanol–water partition coefficient (Wildman–Crippen LogP) is 2.43. The lowest BCUT2D eigenvalue weighted by atomic mass is 9.92. The highest BCUT2D eigenvalue weighted by molar-refractivity contribution is 5.66. The molecular weight excluding hydrogens is 166 g/mol. The number of nitriles is 1. The van der Waals surface area contributed by atoms with Crippen molar-refractivity contribution in [3.05, 3.63) is 0 Å². The van der Waals surface area contributed by atoms with Gasteiger partial charge in [-0.25, -0.2) is 0 Å². The number of carboxylic acid groups (broad SMARTS) is 1. The average molecular weight is 183 g/mol. The molecule has 0 aliphatic carbocycles. The summed E-state index contributed by atoms with van der Waals surface area (Å²) in [6, 6.07) is 2.10. The van der Waals surface area contributed by atoms with Crippen molar-refractivity contribution in [1.29, 1.82) is 5.26 Å². The third kappa shape index (κ3) is 7.32. The van der Waals surface area contributed by atoms with E-state index in [1.165, 1.54) is 0 Å². The first kappa shape index (κ1) is 12.0. The van der Waals surface area contributed by atoms with Gasteiger partial charge in [0.25, 0.3) is 0 Å². The third-order valence-electron chi connectivity index (χ3n) is 2.08. The average Bonchev–Trinajstić information content (AvgIpc) is 1.98. The summed E-state index contributed by atoms with van der Waals surface area (Å²) in [6.07, 6.45) is 2.58. The molecule has 1 N–H and O–H groups in total. The molecule has 0 fully saturated rings. The van der Waals surface area contributed by atoms with Crippen LogP contribution in [0.25, 0.3) is 0 Å². The molecular formula is C10H17NO2. The van der Waals surface area contributed by atoms with Crippen LogP contribution < -0.4 is 0 Å². The molecule has 0 aliphatic heterocycles. The van der Waals surface area contributed by atoms with Crippen LogP contribution in [-0.4, -0.2) is 11.1 Å². The van der Waals surface area contributed by atoms with Crippen LogP contribution in [0.2, 0.25) is 0 Å². The Kier molecular flexibility index (Phi) is 5.96. The van der Waals surface area contributed by atoms with E-state index < -0.39 is 5.97 Å². The van der Waals surface area contributed by atoms with Crippen molar-refractivity contribution in [3.8, 4) is 6.07 Å². The van der Waals surface area contributed by atoms with Gasteiger partial charge in [-0.15, -0.1) is 0 Å². The summed E-state index contributed by atoms with van der Waals surface area (Å²) in [5, 5.41) is 16.9. The van der Waals surface area contributed by atoms with Crippen LogP contribution in [0.5, 0.6) is 0 Å². The van der Waals surface area contributed by atoms with Gasteiger partial charge >= 0.3 is 5.97 Å². The van der Waals surface area contributed by atoms with Crippen molar-refractivity contribution in [3.63, 3.8) is 0 Å². The summed E-state index contributed by atoms with van der Waals surface area (Å²) in [5.41, 5.74) is 0. The van der Waals surface area contributed by atoms with E-state index >= 15 is 0 Å². The summed E-state index contributed by atoms with van der Waals surface area (Å²) >= 11 is 0. The highest BCUT2D eigenvalue weighted by Gasteiger charge is 2.11. The lowest BCUT2D eigenvalue weighted by Gasteiger charge is -2.13. The number of hydrogen-bond acceptors (Lipinski definition) is 2. The molecule has 3 nitrogen and oxygen atoms in total.